The van der Waals surface area contributed by atoms with Gasteiger partial charge in [-0.3, -0.25) is 4.90 Å². The van der Waals surface area contributed by atoms with Crippen molar-refractivity contribution >= 4 is 0 Å². The van der Waals surface area contributed by atoms with Gasteiger partial charge in [-0.1, -0.05) is 18.2 Å². The van der Waals surface area contributed by atoms with E-state index in [4.69, 9.17) is 9.47 Å². The fourth-order valence-electron chi connectivity index (χ4n) is 2.81. The van der Waals surface area contributed by atoms with Crippen LogP contribution in [0.5, 0.6) is 11.5 Å². The Labute approximate surface area is 143 Å². The van der Waals surface area contributed by atoms with Crippen LogP contribution in [0.15, 0.2) is 48.5 Å². The lowest BCUT2D eigenvalue weighted by atomic mass is 10.2. The summed E-state index contributed by atoms with van der Waals surface area (Å²) in [6.45, 7) is 2.27. The van der Waals surface area contributed by atoms with Crippen molar-refractivity contribution in [2.24, 2.45) is 0 Å². The van der Waals surface area contributed by atoms with Crippen molar-refractivity contribution in [1.29, 1.82) is 0 Å². The third kappa shape index (κ3) is 4.71. The van der Waals surface area contributed by atoms with E-state index < -0.39 is 0 Å². The van der Waals surface area contributed by atoms with Gasteiger partial charge in [0, 0.05) is 24.7 Å². The molecule has 24 heavy (non-hydrogen) atoms. The first kappa shape index (κ1) is 16.8. The van der Waals surface area contributed by atoms with Crippen LogP contribution in [0.3, 0.4) is 0 Å². The van der Waals surface area contributed by atoms with Crippen LogP contribution < -0.4 is 9.47 Å². The summed E-state index contributed by atoms with van der Waals surface area (Å²) in [7, 11) is 1.65. The number of halogens is 1. The Bertz CT molecular complexity index is 640. The predicted molar refractivity (Wildman–Crippen MR) is 92.9 cm³/mol. The van der Waals surface area contributed by atoms with Gasteiger partial charge in [-0.05, 0) is 49.6 Å². The quantitative estimate of drug-likeness (QED) is 0.641. The molecule has 0 saturated heterocycles. The molecule has 0 heterocycles. The molecular formula is C20H24FNO2. The number of methoxy groups -OCH3 is 1. The molecule has 0 N–H and O–H groups in total. The molecular weight excluding hydrogens is 305 g/mol. The third-order valence-corrected chi connectivity index (χ3v) is 4.31. The van der Waals surface area contributed by atoms with E-state index in [1.807, 2.05) is 36.4 Å². The van der Waals surface area contributed by atoms with Crippen molar-refractivity contribution in [1.82, 2.24) is 4.90 Å². The predicted octanol–water partition coefficient (Wildman–Crippen LogP) is 4.27. The van der Waals surface area contributed by atoms with Crippen molar-refractivity contribution in [3.05, 3.63) is 59.9 Å². The fourth-order valence-corrected chi connectivity index (χ4v) is 2.81. The maximum Gasteiger partial charge on any atom is 0.127 e. The summed E-state index contributed by atoms with van der Waals surface area (Å²) >= 11 is 0. The van der Waals surface area contributed by atoms with Gasteiger partial charge in [0.1, 0.15) is 17.3 Å². The van der Waals surface area contributed by atoms with Crippen LogP contribution in [0, 0.1) is 5.82 Å². The fraction of sp³-hybridized carbons (Fsp3) is 0.400. The largest absolute Gasteiger partial charge is 0.497 e. The lowest BCUT2D eigenvalue weighted by Crippen LogP contribution is -2.28. The Morgan fingerprint density at radius 1 is 1.04 bits per heavy atom. The molecule has 0 spiro atoms. The number of rotatable bonds is 9. The Balaban J connectivity index is 1.45. The Morgan fingerprint density at radius 2 is 1.75 bits per heavy atom. The molecule has 0 aromatic heterocycles. The minimum absolute atomic E-state index is 0.113. The van der Waals surface area contributed by atoms with E-state index in [0.717, 1.165) is 30.0 Å². The summed E-state index contributed by atoms with van der Waals surface area (Å²) in [4.78, 5) is 2.37. The molecule has 0 amide bonds. The second-order valence-electron chi connectivity index (χ2n) is 6.17. The standard InChI is InChI=1S/C20H24FNO2/c1-23-18-9-11-19(12-10-18)24-14-4-13-22(17-7-8-17)15-16-5-2-3-6-20(16)21/h2-3,5-6,9-12,17H,4,7-8,13-15H2,1H3. The SMILES string of the molecule is COc1ccc(OCCCN(Cc2ccccc2F)C2CC2)cc1. The molecule has 3 rings (SSSR count). The van der Waals surface area contributed by atoms with E-state index in [0.29, 0.717) is 19.2 Å². The summed E-state index contributed by atoms with van der Waals surface area (Å²) in [5.74, 6) is 1.56. The Kier molecular flexibility index (Phi) is 5.70. The molecule has 4 heteroatoms. The molecule has 2 aromatic carbocycles. The monoisotopic (exact) mass is 329 g/mol. The number of hydrogen-bond donors (Lipinski definition) is 0. The topological polar surface area (TPSA) is 21.7 Å². The highest BCUT2D eigenvalue weighted by atomic mass is 19.1. The molecule has 0 radical (unpaired) electrons. The average molecular weight is 329 g/mol. The van der Waals surface area contributed by atoms with Crippen molar-refractivity contribution in [2.75, 3.05) is 20.3 Å². The second-order valence-corrected chi connectivity index (χ2v) is 6.17. The average Bonchev–Trinajstić information content (AvgIpc) is 3.45. The molecule has 128 valence electrons. The highest BCUT2D eigenvalue weighted by Crippen LogP contribution is 2.29. The summed E-state index contributed by atoms with van der Waals surface area (Å²) < 4.78 is 24.8. The lowest BCUT2D eigenvalue weighted by Gasteiger charge is -2.22. The molecule has 1 saturated carbocycles. The summed E-state index contributed by atoms with van der Waals surface area (Å²) in [5.41, 5.74) is 0.778. The van der Waals surface area contributed by atoms with Gasteiger partial charge in [0.05, 0.1) is 13.7 Å². The molecule has 1 aliphatic carbocycles. The van der Waals surface area contributed by atoms with E-state index >= 15 is 0 Å². The van der Waals surface area contributed by atoms with E-state index in [2.05, 4.69) is 4.90 Å². The number of nitrogens with zero attached hydrogens (tertiary/aromatic N) is 1. The number of benzene rings is 2. The van der Waals surface area contributed by atoms with Gasteiger partial charge in [0.2, 0.25) is 0 Å². The molecule has 1 fully saturated rings. The maximum absolute atomic E-state index is 13.8. The normalized spacial score (nSPS) is 14.0. The van der Waals surface area contributed by atoms with Gasteiger partial charge in [-0.2, -0.15) is 0 Å². The summed E-state index contributed by atoms with van der Waals surface area (Å²) in [5, 5.41) is 0. The Morgan fingerprint density at radius 3 is 2.42 bits per heavy atom. The van der Waals surface area contributed by atoms with Crippen molar-refractivity contribution < 1.29 is 13.9 Å². The maximum atomic E-state index is 13.8. The van der Waals surface area contributed by atoms with Gasteiger partial charge in [-0.25, -0.2) is 4.39 Å². The first-order chi connectivity index (χ1) is 11.8. The van der Waals surface area contributed by atoms with Crippen LogP contribution in [0.4, 0.5) is 4.39 Å². The molecule has 0 unspecified atom stereocenters. The zero-order valence-electron chi connectivity index (χ0n) is 14.1. The zero-order valence-corrected chi connectivity index (χ0v) is 14.1. The van der Waals surface area contributed by atoms with Gasteiger partial charge in [0.25, 0.3) is 0 Å². The molecule has 3 nitrogen and oxygen atoms in total. The van der Waals surface area contributed by atoms with Crippen molar-refractivity contribution in [3.8, 4) is 11.5 Å². The van der Waals surface area contributed by atoms with E-state index in [9.17, 15) is 4.39 Å². The van der Waals surface area contributed by atoms with Crippen LogP contribution in [0.25, 0.3) is 0 Å². The molecule has 1 aliphatic rings. The summed E-state index contributed by atoms with van der Waals surface area (Å²) in [6, 6.07) is 15.3. The van der Waals surface area contributed by atoms with E-state index in [-0.39, 0.29) is 5.82 Å². The van der Waals surface area contributed by atoms with Crippen LogP contribution in [0.2, 0.25) is 0 Å². The van der Waals surface area contributed by atoms with Crippen LogP contribution in [0.1, 0.15) is 24.8 Å². The van der Waals surface area contributed by atoms with Gasteiger partial charge in [0.15, 0.2) is 0 Å². The van der Waals surface area contributed by atoms with E-state index in [1.54, 1.807) is 13.2 Å². The highest BCUT2D eigenvalue weighted by Gasteiger charge is 2.28. The third-order valence-electron chi connectivity index (χ3n) is 4.31. The van der Waals surface area contributed by atoms with Crippen LogP contribution >= 0.6 is 0 Å². The Hall–Kier alpha value is -2.07. The second kappa shape index (κ2) is 8.15. The smallest absolute Gasteiger partial charge is 0.127 e. The minimum atomic E-state index is -0.113. The highest BCUT2D eigenvalue weighted by molar-refractivity contribution is 5.31. The molecule has 0 bridgehead atoms. The minimum Gasteiger partial charge on any atom is -0.497 e. The zero-order chi connectivity index (χ0) is 16.8. The first-order valence-corrected chi connectivity index (χ1v) is 8.50. The van der Waals surface area contributed by atoms with E-state index in [1.165, 1.54) is 18.9 Å². The lowest BCUT2D eigenvalue weighted by molar-refractivity contribution is 0.218. The van der Waals surface area contributed by atoms with Crippen molar-refractivity contribution in [3.63, 3.8) is 0 Å². The molecule has 2 aromatic rings. The van der Waals surface area contributed by atoms with Gasteiger partial charge in [-0.15, -0.1) is 0 Å². The van der Waals surface area contributed by atoms with Gasteiger partial charge >= 0.3 is 0 Å². The van der Waals surface area contributed by atoms with Crippen LogP contribution in [-0.4, -0.2) is 31.2 Å². The first-order valence-electron chi connectivity index (χ1n) is 8.50. The van der Waals surface area contributed by atoms with Crippen LogP contribution in [-0.2, 0) is 6.54 Å². The van der Waals surface area contributed by atoms with Crippen molar-refractivity contribution in [2.45, 2.75) is 31.8 Å². The molecule has 0 atom stereocenters. The van der Waals surface area contributed by atoms with Gasteiger partial charge < -0.3 is 9.47 Å². The number of hydrogen-bond acceptors (Lipinski definition) is 3. The molecule has 0 aliphatic heterocycles. The summed E-state index contributed by atoms with van der Waals surface area (Å²) in [6.07, 6.45) is 3.36. The number of ether oxygens (including phenoxy) is 2.